The fourth-order valence-corrected chi connectivity index (χ4v) is 6.63. The number of likely N-dealkylation sites (tertiary alicyclic amines) is 2. The summed E-state index contributed by atoms with van der Waals surface area (Å²) < 4.78 is 11.1. The normalized spacial score (nSPS) is 19.0. The maximum Gasteiger partial charge on any atom is 0.254 e. The molecular weight excluding hydrogens is 548 g/mol. The van der Waals surface area contributed by atoms with Crippen molar-refractivity contribution in [3.8, 4) is 22.6 Å². The van der Waals surface area contributed by atoms with E-state index < -0.39 is 0 Å². The van der Waals surface area contributed by atoms with Crippen LogP contribution in [0, 0.1) is 0 Å². The van der Waals surface area contributed by atoms with Gasteiger partial charge in [0.15, 0.2) is 11.5 Å². The highest BCUT2D eigenvalue weighted by atomic mass is 35.5. The Morgan fingerprint density at radius 3 is 2.55 bits per heavy atom. The Kier molecular flexibility index (Phi) is 7.38. The molecule has 1 N–H and O–H groups in total. The summed E-state index contributed by atoms with van der Waals surface area (Å²) in [5.41, 5.74) is 4.57. The van der Waals surface area contributed by atoms with Crippen LogP contribution in [-0.4, -0.2) is 59.7 Å². The Balaban J connectivity index is 1.26. The Labute approximate surface area is 251 Å². The minimum absolute atomic E-state index is 0.0159. The van der Waals surface area contributed by atoms with E-state index in [1.807, 2.05) is 54.6 Å². The predicted molar refractivity (Wildman–Crippen MR) is 167 cm³/mol. The molecule has 8 heteroatoms. The molecule has 0 unspecified atom stereocenters. The van der Waals surface area contributed by atoms with Gasteiger partial charge in [0, 0.05) is 35.6 Å². The Morgan fingerprint density at radius 1 is 0.952 bits per heavy atom. The van der Waals surface area contributed by atoms with Gasteiger partial charge in [-0.2, -0.15) is 0 Å². The molecule has 1 amide bonds. The van der Waals surface area contributed by atoms with Gasteiger partial charge in [-0.25, -0.2) is 4.98 Å². The molecule has 0 bridgehead atoms. The van der Waals surface area contributed by atoms with Gasteiger partial charge in [0.1, 0.15) is 5.82 Å². The highest BCUT2D eigenvalue weighted by Crippen LogP contribution is 2.37. The van der Waals surface area contributed by atoms with Gasteiger partial charge in [0.2, 0.25) is 6.79 Å². The summed E-state index contributed by atoms with van der Waals surface area (Å²) in [5.74, 6) is 2.24. The van der Waals surface area contributed by atoms with Crippen LogP contribution >= 0.6 is 11.6 Å². The number of benzene rings is 3. The number of hydrogen-bond acceptors (Lipinski definition) is 6. The van der Waals surface area contributed by atoms with Crippen LogP contribution in [0.5, 0.6) is 11.5 Å². The fourth-order valence-electron chi connectivity index (χ4n) is 6.50. The number of pyridine rings is 1. The lowest BCUT2D eigenvalue weighted by Gasteiger charge is -2.29. The third-order valence-electron chi connectivity index (χ3n) is 8.79. The Morgan fingerprint density at radius 2 is 1.71 bits per heavy atom. The monoisotopic (exact) mass is 582 g/mol. The van der Waals surface area contributed by atoms with Crippen LogP contribution in [0.3, 0.4) is 0 Å². The van der Waals surface area contributed by atoms with Crippen molar-refractivity contribution in [2.45, 2.75) is 44.7 Å². The molecule has 0 aliphatic carbocycles. The number of amides is 1. The molecule has 216 valence electrons. The fraction of sp³-hybridized carbons (Fsp3) is 0.353. The number of carbonyl (C=O) groups excluding carboxylic acids is 1. The summed E-state index contributed by atoms with van der Waals surface area (Å²) >= 11 is 6.12. The van der Waals surface area contributed by atoms with Crippen LogP contribution in [0.2, 0.25) is 5.02 Å². The van der Waals surface area contributed by atoms with Crippen molar-refractivity contribution in [2.75, 3.05) is 38.3 Å². The summed E-state index contributed by atoms with van der Waals surface area (Å²) in [6.07, 6.45) is 4.58. The number of nitrogens with one attached hydrogen (secondary N) is 1. The standard InChI is InChI=1S/C34H35ClN4O3/c1-22(23-6-10-26(35)11-7-23)36-33-19-29(34(40)39-16-4-5-27(39)20-38-14-2-3-15-38)28-17-24(8-12-30(28)37-33)25-9-13-31-32(18-25)42-21-41-31/h6-13,17-19,22,27H,2-5,14-16,20-21H2,1H3,(H,36,37)/t22-,27+/m1/s1. The van der Waals surface area contributed by atoms with Gasteiger partial charge >= 0.3 is 0 Å². The predicted octanol–water partition coefficient (Wildman–Crippen LogP) is 7.16. The number of nitrogens with zero attached hydrogens (tertiary/aromatic N) is 3. The van der Waals surface area contributed by atoms with E-state index in [4.69, 9.17) is 26.1 Å². The van der Waals surface area contributed by atoms with E-state index in [0.717, 1.165) is 78.1 Å². The topological polar surface area (TPSA) is 66.9 Å². The van der Waals surface area contributed by atoms with Crippen molar-refractivity contribution >= 4 is 34.2 Å². The molecule has 0 radical (unpaired) electrons. The Hall–Kier alpha value is -3.81. The van der Waals surface area contributed by atoms with Crippen molar-refractivity contribution in [3.05, 3.63) is 82.9 Å². The molecule has 1 aromatic heterocycles. The number of anilines is 1. The molecule has 3 aromatic carbocycles. The number of aromatic nitrogens is 1. The molecule has 7 nitrogen and oxygen atoms in total. The maximum atomic E-state index is 14.4. The minimum Gasteiger partial charge on any atom is -0.454 e. The van der Waals surface area contributed by atoms with E-state index in [-0.39, 0.29) is 24.8 Å². The maximum absolute atomic E-state index is 14.4. The number of hydrogen-bond donors (Lipinski definition) is 1. The van der Waals surface area contributed by atoms with Gasteiger partial charge in [-0.3, -0.25) is 4.79 Å². The molecule has 2 fully saturated rings. The van der Waals surface area contributed by atoms with E-state index >= 15 is 0 Å². The van der Waals surface area contributed by atoms with E-state index in [2.05, 4.69) is 34.2 Å². The van der Waals surface area contributed by atoms with Crippen LogP contribution in [0.1, 0.15) is 54.6 Å². The van der Waals surface area contributed by atoms with Crippen molar-refractivity contribution in [1.82, 2.24) is 14.8 Å². The van der Waals surface area contributed by atoms with Gasteiger partial charge < -0.3 is 24.6 Å². The molecule has 2 atom stereocenters. The SMILES string of the molecule is C[C@@H](Nc1cc(C(=O)N2CCC[C@H]2CN2CCCC2)c2cc(-c3ccc4c(c3)OCO4)ccc2n1)c1ccc(Cl)cc1. The second kappa shape index (κ2) is 11.5. The summed E-state index contributed by atoms with van der Waals surface area (Å²) in [4.78, 5) is 24.0. The molecule has 0 spiro atoms. The number of fused-ring (bicyclic) bond motifs is 2. The van der Waals surface area contributed by atoms with E-state index in [0.29, 0.717) is 16.4 Å². The van der Waals surface area contributed by atoms with E-state index in [1.165, 1.54) is 12.8 Å². The van der Waals surface area contributed by atoms with Gasteiger partial charge in [0.05, 0.1) is 11.1 Å². The molecule has 3 aliphatic rings. The molecule has 4 aromatic rings. The third-order valence-corrected chi connectivity index (χ3v) is 9.04. The molecule has 3 aliphatic heterocycles. The first-order chi connectivity index (χ1) is 20.5. The van der Waals surface area contributed by atoms with Crippen molar-refractivity contribution in [1.29, 1.82) is 0 Å². The van der Waals surface area contributed by atoms with Crippen LogP contribution in [0.4, 0.5) is 5.82 Å². The smallest absolute Gasteiger partial charge is 0.254 e. The quantitative estimate of drug-likeness (QED) is 0.249. The summed E-state index contributed by atoms with van der Waals surface area (Å²) in [6, 6.07) is 22.1. The molecule has 4 heterocycles. The van der Waals surface area contributed by atoms with Crippen molar-refractivity contribution in [2.24, 2.45) is 0 Å². The first-order valence-electron chi connectivity index (χ1n) is 14.9. The van der Waals surface area contributed by atoms with Gasteiger partial charge in [0.25, 0.3) is 5.91 Å². The average Bonchev–Trinajstić information content (AvgIpc) is 3.79. The molecule has 7 rings (SSSR count). The summed E-state index contributed by atoms with van der Waals surface area (Å²) in [5, 5.41) is 5.09. The van der Waals surface area contributed by atoms with E-state index in [9.17, 15) is 4.79 Å². The van der Waals surface area contributed by atoms with Crippen molar-refractivity contribution in [3.63, 3.8) is 0 Å². The number of ether oxygens (including phenoxy) is 2. The highest BCUT2D eigenvalue weighted by molar-refractivity contribution is 6.30. The van der Waals surface area contributed by atoms with Crippen molar-refractivity contribution < 1.29 is 14.3 Å². The molecular formula is C34H35ClN4O3. The van der Waals surface area contributed by atoms with E-state index in [1.54, 1.807) is 0 Å². The number of carbonyl (C=O) groups is 1. The first kappa shape index (κ1) is 27.0. The molecule has 42 heavy (non-hydrogen) atoms. The lowest BCUT2D eigenvalue weighted by Crippen LogP contribution is -2.42. The summed E-state index contributed by atoms with van der Waals surface area (Å²) in [7, 11) is 0. The average molecular weight is 583 g/mol. The lowest BCUT2D eigenvalue weighted by atomic mass is 9.99. The first-order valence-corrected chi connectivity index (χ1v) is 15.3. The molecule has 2 saturated heterocycles. The second-order valence-corrected chi connectivity index (χ2v) is 12.0. The Bertz CT molecular complexity index is 1620. The van der Waals surface area contributed by atoms with Crippen LogP contribution in [-0.2, 0) is 0 Å². The third kappa shape index (κ3) is 5.39. The zero-order chi connectivity index (χ0) is 28.6. The van der Waals surface area contributed by atoms with Gasteiger partial charge in [-0.15, -0.1) is 0 Å². The minimum atomic E-state index is -0.0159. The van der Waals surface area contributed by atoms with Crippen LogP contribution in [0.25, 0.3) is 22.0 Å². The largest absolute Gasteiger partial charge is 0.454 e. The van der Waals surface area contributed by atoms with Gasteiger partial charge in [-0.05, 0) is 105 Å². The number of rotatable bonds is 7. The lowest BCUT2D eigenvalue weighted by molar-refractivity contribution is 0.0710. The molecule has 0 saturated carbocycles. The van der Waals surface area contributed by atoms with Gasteiger partial charge in [-0.1, -0.05) is 35.9 Å². The summed E-state index contributed by atoms with van der Waals surface area (Å²) in [6.45, 7) is 6.32. The highest BCUT2D eigenvalue weighted by Gasteiger charge is 2.32. The number of halogens is 1. The van der Waals surface area contributed by atoms with Crippen LogP contribution in [0.15, 0.2) is 66.7 Å². The zero-order valence-corrected chi connectivity index (χ0v) is 24.6. The van der Waals surface area contributed by atoms with Crippen LogP contribution < -0.4 is 14.8 Å². The second-order valence-electron chi connectivity index (χ2n) is 11.6. The zero-order valence-electron chi connectivity index (χ0n) is 23.8.